The highest BCUT2D eigenvalue weighted by molar-refractivity contribution is 7.35. The summed E-state index contributed by atoms with van der Waals surface area (Å²) in [6, 6.07) is 8.22. The van der Waals surface area contributed by atoms with E-state index in [9.17, 15) is 4.79 Å². The number of rotatable bonds is 1. The number of hydrogen-bond donors (Lipinski definition) is 0. The number of amides is 1. The van der Waals surface area contributed by atoms with Gasteiger partial charge in [0.05, 0.1) is 0 Å². The molecule has 2 aromatic rings. The maximum Gasteiger partial charge on any atom is 0.242 e. The Labute approximate surface area is 101 Å². The number of carbonyl (C=O) groups is 1. The lowest BCUT2D eigenvalue weighted by atomic mass is 10.4. The maximum atomic E-state index is 11.4. The summed E-state index contributed by atoms with van der Waals surface area (Å²) in [4.78, 5) is 11.4. The number of fused-ring (bicyclic) bond motifs is 1. The van der Waals surface area contributed by atoms with Gasteiger partial charge in [0.25, 0.3) is 0 Å². The summed E-state index contributed by atoms with van der Waals surface area (Å²) in [7, 11) is 0. The fourth-order valence-electron chi connectivity index (χ4n) is 1.71. The van der Waals surface area contributed by atoms with Crippen molar-refractivity contribution in [2.45, 2.75) is 12.8 Å². The summed E-state index contributed by atoms with van der Waals surface area (Å²) < 4.78 is 3.42. The number of nitrogens with zero attached hydrogens (tertiary/aromatic N) is 2. The van der Waals surface area contributed by atoms with Crippen LogP contribution in [-0.2, 0) is 4.79 Å². The van der Waals surface area contributed by atoms with E-state index >= 15 is 0 Å². The van der Waals surface area contributed by atoms with Gasteiger partial charge >= 0.3 is 0 Å². The van der Waals surface area contributed by atoms with Gasteiger partial charge in [-0.25, -0.2) is 5.01 Å². The molecule has 82 valence electrons. The van der Waals surface area contributed by atoms with Gasteiger partial charge in [-0.2, -0.15) is 0 Å². The molecule has 1 saturated heterocycles. The Hall–Kier alpha value is -1.20. The van der Waals surface area contributed by atoms with Crippen molar-refractivity contribution in [1.82, 2.24) is 5.01 Å². The minimum Gasteiger partial charge on any atom is -0.273 e. The Morgan fingerprint density at radius 1 is 1.19 bits per heavy atom. The molecule has 1 aromatic carbocycles. The van der Waals surface area contributed by atoms with Crippen molar-refractivity contribution < 1.29 is 4.79 Å². The van der Waals surface area contributed by atoms with E-state index in [1.54, 1.807) is 27.7 Å². The van der Waals surface area contributed by atoms with Crippen LogP contribution in [0.3, 0.4) is 0 Å². The van der Waals surface area contributed by atoms with Crippen LogP contribution in [0.2, 0.25) is 0 Å². The molecule has 0 aliphatic carbocycles. The SMILES string of the molecule is O=C1CCCN1N=c1sc2ccccc2s1. The van der Waals surface area contributed by atoms with Crippen molar-refractivity contribution in [2.24, 2.45) is 5.10 Å². The maximum absolute atomic E-state index is 11.4. The highest BCUT2D eigenvalue weighted by atomic mass is 32.2. The van der Waals surface area contributed by atoms with Crippen LogP contribution in [0, 0.1) is 0 Å². The molecule has 0 bridgehead atoms. The summed E-state index contributed by atoms with van der Waals surface area (Å²) in [5.74, 6) is 0.143. The Kier molecular flexibility index (Phi) is 2.49. The molecule has 3 rings (SSSR count). The van der Waals surface area contributed by atoms with Crippen LogP contribution in [0.25, 0.3) is 9.40 Å². The Balaban J connectivity index is 2.05. The van der Waals surface area contributed by atoms with Crippen LogP contribution < -0.4 is 3.98 Å². The molecule has 16 heavy (non-hydrogen) atoms. The third-order valence-electron chi connectivity index (χ3n) is 2.49. The second-order valence-electron chi connectivity index (χ2n) is 3.64. The van der Waals surface area contributed by atoms with Gasteiger partial charge in [-0.15, -0.1) is 27.8 Å². The monoisotopic (exact) mass is 250 g/mol. The Morgan fingerprint density at radius 3 is 2.44 bits per heavy atom. The molecule has 1 aromatic heterocycles. The number of carbonyl (C=O) groups excluding carboxylic acids is 1. The zero-order chi connectivity index (χ0) is 11.0. The van der Waals surface area contributed by atoms with E-state index in [2.05, 4.69) is 17.2 Å². The van der Waals surface area contributed by atoms with E-state index < -0.39 is 0 Å². The van der Waals surface area contributed by atoms with Crippen LogP contribution in [0.15, 0.2) is 29.4 Å². The zero-order valence-electron chi connectivity index (χ0n) is 8.55. The summed E-state index contributed by atoms with van der Waals surface area (Å²) in [5, 5.41) is 6.00. The molecule has 0 radical (unpaired) electrons. The van der Waals surface area contributed by atoms with Gasteiger partial charge in [0.2, 0.25) is 5.91 Å². The highest BCUT2D eigenvalue weighted by Crippen LogP contribution is 2.20. The van der Waals surface area contributed by atoms with Crippen LogP contribution in [0.5, 0.6) is 0 Å². The second-order valence-corrected chi connectivity index (χ2v) is 5.96. The minimum absolute atomic E-state index is 0.143. The Bertz CT molecular complexity index is 563. The molecule has 1 aliphatic rings. The molecular formula is C11H10N2OS2. The molecule has 3 nitrogen and oxygen atoms in total. The summed E-state index contributed by atoms with van der Waals surface area (Å²) in [6.45, 7) is 0.764. The number of benzene rings is 1. The van der Waals surface area contributed by atoms with Crippen LogP contribution in [0.4, 0.5) is 0 Å². The third kappa shape index (κ3) is 1.76. The molecule has 0 N–H and O–H groups in total. The average Bonchev–Trinajstić information content (AvgIpc) is 2.85. The average molecular weight is 250 g/mol. The van der Waals surface area contributed by atoms with Crippen molar-refractivity contribution in [2.75, 3.05) is 6.54 Å². The second kappa shape index (κ2) is 3.99. The lowest BCUT2D eigenvalue weighted by Crippen LogP contribution is -2.20. The van der Waals surface area contributed by atoms with Gasteiger partial charge in [0.15, 0.2) is 3.98 Å². The molecule has 0 spiro atoms. The molecule has 5 heteroatoms. The molecule has 0 unspecified atom stereocenters. The molecule has 0 atom stereocenters. The molecule has 0 saturated carbocycles. The first kappa shape index (κ1) is 9.99. The van der Waals surface area contributed by atoms with Crippen molar-refractivity contribution in [3.8, 4) is 0 Å². The predicted octanol–water partition coefficient (Wildman–Crippen LogP) is 2.40. The van der Waals surface area contributed by atoms with Crippen molar-refractivity contribution >= 4 is 38.0 Å². The lowest BCUT2D eigenvalue weighted by molar-refractivity contribution is -0.127. The van der Waals surface area contributed by atoms with E-state index in [-0.39, 0.29) is 5.91 Å². The van der Waals surface area contributed by atoms with Gasteiger partial charge < -0.3 is 0 Å². The highest BCUT2D eigenvalue weighted by Gasteiger charge is 2.19. The molecule has 1 aliphatic heterocycles. The van der Waals surface area contributed by atoms with E-state index in [0.717, 1.165) is 17.0 Å². The van der Waals surface area contributed by atoms with Gasteiger partial charge in [-0.3, -0.25) is 4.79 Å². The van der Waals surface area contributed by atoms with Crippen molar-refractivity contribution in [3.63, 3.8) is 0 Å². The normalized spacial score (nSPS) is 16.0. The smallest absolute Gasteiger partial charge is 0.242 e. The first-order valence-corrected chi connectivity index (χ1v) is 6.80. The fourth-order valence-corrected chi connectivity index (χ4v) is 3.95. The molecule has 1 amide bonds. The molecule has 1 fully saturated rings. The number of hydrogen-bond acceptors (Lipinski definition) is 4. The lowest BCUT2D eigenvalue weighted by Gasteiger charge is -2.04. The van der Waals surface area contributed by atoms with E-state index in [4.69, 9.17) is 0 Å². The molecular weight excluding hydrogens is 240 g/mol. The molecule has 2 heterocycles. The summed E-state index contributed by atoms with van der Waals surface area (Å²) >= 11 is 3.29. The van der Waals surface area contributed by atoms with Crippen molar-refractivity contribution in [3.05, 3.63) is 28.3 Å². The third-order valence-corrected chi connectivity index (χ3v) is 4.79. The summed E-state index contributed by atoms with van der Waals surface area (Å²) in [6.07, 6.45) is 1.57. The first-order valence-electron chi connectivity index (χ1n) is 5.16. The Morgan fingerprint density at radius 2 is 1.88 bits per heavy atom. The van der Waals surface area contributed by atoms with Gasteiger partial charge in [0.1, 0.15) is 0 Å². The largest absolute Gasteiger partial charge is 0.273 e. The van der Waals surface area contributed by atoms with Crippen molar-refractivity contribution in [1.29, 1.82) is 0 Å². The fraction of sp³-hybridized carbons (Fsp3) is 0.273. The summed E-state index contributed by atoms with van der Waals surface area (Å²) in [5.41, 5.74) is 0. The minimum atomic E-state index is 0.143. The standard InChI is InChI=1S/C11H10N2OS2/c14-10-6-3-7-13(10)12-11-15-8-4-1-2-5-9(8)16-11/h1-2,4-5H,3,6-7H2. The first-order chi connectivity index (χ1) is 7.83. The van der Waals surface area contributed by atoms with E-state index in [1.807, 2.05) is 12.1 Å². The predicted molar refractivity (Wildman–Crippen MR) is 66.2 cm³/mol. The van der Waals surface area contributed by atoms with Gasteiger partial charge in [-0.1, -0.05) is 12.1 Å². The zero-order valence-corrected chi connectivity index (χ0v) is 10.2. The quantitative estimate of drug-likeness (QED) is 0.765. The van der Waals surface area contributed by atoms with Gasteiger partial charge in [-0.05, 0) is 18.6 Å². The van der Waals surface area contributed by atoms with Crippen LogP contribution in [0.1, 0.15) is 12.8 Å². The van der Waals surface area contributed by atoms with Crippen LogP contribution >= 0.6 is 22.7 Å². The van der Waals surface area contributed by atoms with E-state index in [1.165, 1.54) is 9.40 Å². The van der Waals surface area contributed by atoms with Gasteiger partial charge in [0, 0.05) is 22.4 Å². The van der Waals surface area contributed by atoms with E-state index in [0.29, 0.717) is 6.42 Å². The topological polar surface area (TPSA) is 32.7 Å². The van der Waals surface area contributed by atoms with Crippen LogP contribution in [-0.4, -0.2) is 17.5 Å².